The minimum atomic E-state index is -1.07. The zero-order valence-corrected chi connectivity index (χ0v) is 13.2. The summed E-state index contributed by atoms with van der Waals surface area (Å²) >= 11 is 5.82. The van der Waals surface area contributed by atoms with Crippen molar-refractivity contribution in [1.29, 1.82) is 0 Å². The molecular formula is C17H13ClN2O4. The second-order valence-electron chi connectivity index (χ2n) is 5.33. The van der Waals surface area contributed by atoms with E-state index in [0.29, 0.717) is 16.4 Å². The highest BCUT2D eigenvalue weighted by Crippen LogP contribution is 2.25. The molecular weight excluding hydrogens is 332 g/mol. The number of anilines is 2. The number of imide groups is 1. The summed E-state index contributed by atoms with van der Waals surface area (Å²) in [5, 5.41) is 12.5. The molecule has 1 aliphatic heterocycles. The maximum absolute atomic E-state index is 12.5. The van der Waals surface area contributed by atoms with Crippen LogP contribution in [-0.2, 0) is 9.59 Å². The molecule has 3 rings (SSSR count). The van der Waals surface area contributed by atoms with Crippen molar-refractivity contribution < 1.29 is 19.5 Å². The van der Waals surface area contributed by atoms with E-state index in [9.17, 15) is 14.4 Å². The number of carboxylic acids is 1. The number of aromatic carboxylic acids is 1. The van der Waals surface area contributed by atoms with Crippen molar-refractivity contribution in [3.8, 4) is 0 Å². The quantitative estimate of drug-likeness (QED) is 0.833. The molecule has 1 atom stereocenters. The molecule has 0 aliphatic carbocycles. The van der Waals surface area contributed by atoms with Gasteiger partial charge in [0.15, 0.2) is 0 Å². The zero-order chi connectivity index (χ0) is 17.3. The van der Waals surface area contributed by atoms with E-state index in [2.05, 4.69) is 5.32 Å². The van der Waals surface area contributed by atoms with Crippen LogP contribution in [0.1, 0.15) is 16.8 Å². The lowest BCUT2D eigenvalue weighted by Crippen LogP contribution is -2.34. The van der Waals surface area contributed by atoms with Gasteiger partial charge < -0.3 is 10.4 Å². The van der Waals surface area contributed by atoms with Crippen molar-refractivity contribution in [2.75, 3.05) is 10.2 Å². The normalized spacial score (nSPS) is 17.2. The third kappa shape index (κ3) is 3.09. The molecule has 0 radical (unpaired) electrons. The topological polar surface area (TPSA) is 86.7 Å². The maximum Gasteiger partial charge on any atom is 0.335 e. The number of carbonyl (C=O) groups is 3. The molecule has 2 aromatic carbocycles. The lowest BCUT2D eigenvalue weighted by Gasteiger charge is -2.16. The van der Waals surface area contributed by atoms with Gasteiger partial charge in [0.25, 0.3) is 5.91 Å². The van der Waals surface area contributed by atoms with Crippen LogP contribution in [0.2, 0.25) is 5.02 Å². The third-order valence-corrected chi connectivity index (χ3v) is 3.96. The Morgan fingerprint density at radius 1 is 1.08 bits per heavy atom. The molecule has 0 aromatic heterocycles. The van der Waals surface area contributed by atoms with E-state index in [1.54, 1.807) is 24.3 Å². The molecule has 0 bridgehead atoms. The Morgan fingerprint density at radius 3 is 2.29 bits per heavy atom. The Labute approximate surface area is 142 Å². The Kier molecular flexibility index (Phi) is 4.22. The standard InChI is InChI=1S/C17H13ClN2O4/c18-11-3-5-12(6-4-11)19-14-9-15(21)20(16(14)22)13-7-1-10(2-8-13)17(23)24/h1-8,14,19H,9H2,(H,23,24)/t14-/m1/s1. The van der Waals surface area contributed by atoms with Gasteiger partial charge in [0.05, 0.1) is 17.7 Å². The van der Waals surface area contributed by atoms with Crippen LogP contribution >= 0.6 is 11.6 Å². The number of carboxylic acid groups (broad SMARTS) is 1. The van der Waals surface area contributed by atoms with Crippen LogP contribution < -0.4 is 10.2 Å². The number of carbonyl (C=O) groups excluding carboxylic acids is 2. The number of amides is 2. The summed E-state index contributed by atoms with van der Waals surface area (Å²) in [5.74, 6) is -1.78. The van der Waals surface area contributed by atoms with E-state index in [0.717, 1.165) is 4.90 Å². The maximum atomic E-state index is 12.5. The minimum absolute atomic E-state index is 0.0299. The van der Waals surface area contributed by atoms with Gasteiger partial charge in [-0.05, 0) is 48.5 Å². The molecule has 2 amide bonds. The lowest BCUT2D eigenvalue weighted by atomic mass is 10.2. The van der Waals surface area contributed by atoms with E-state index in [1.807, 2.05) is 0 Å². The molecule has 2 N–H and O–H groups in total. The summed E-state index contributed by atoms with van der Waals surface area (Å²) in [7, 11) is 0. The monoisotopic (exact) mass is 344 g/mol. The van der Waals surface area contributed by atoms with Gasteiger partial charge in [-0.2, -0.15) is 0 Å². The average molecular weight is 345 g/mol. The Balaban J connectivity index is 1.78. The van der Waals surface area contributed by atoms with Gasteiger partial charge in [-0.1, -0.05) is 11.6 Å². The number of rotatable bonds is 4. The molecule has 1 saturated heterocycles. The SMILES string of the molecule is O=C(O)c1ccc(N2C(=O)C[C@@H](Nc3ccc(Cl)cc3)C2=O)cc1. The first-order valence-electron chi connectivity index (χ1n) is 7.18. The number of benzene rings is 2. The molecule has 0 saturated carbocycles. The van der Waals surface area contributed by atoms with E-state index in [-0.39, 0.29) is 23.8 Å². The van der Waals surface area contributed by atoms with Crippen molar-refractivity contribution in [2.45, 2.75) is 12.5 Å². The molecule has 1 heterocycles. The lowest BCUT2D eigenvalue weighted by molar-refractivity contribution is -0.121. The first kappa shape index (κ1) is 16.0. The number of hydrogen-bond acceptors (Lipinski definition) is 4. The highest BCUT2D eigenvalue weighted by Gasteiger charge is 2.39. The fourth-order valence-electron chi connectivity index (χ4n) is 2.52. The van der Waals surface area contributed by atoms with Crippen LogP contribution in [0.25, 0.3) is 0 Å². The number of nitrogens with one attached hydrogen (secondary N) is 1. The molecule has 0 spiro atoms. The fourth-order valence-corrected chi connectivity index (χ4v) is 2.64. The molecule has 24 heavy (non-hydrogen) atoms. The fraction of sp³-hybridized carbons (Fsp3) is 0.118. The Bertz CT molecular complexity index is 802. The van der Waals surface area contributed by atoms with Crippen molar-refractivity contribution in [3.63, 3.8) is 0 Å². The molecule has 7 heteroatoms. The summed E-state index contributed by atoms with van der Waals surface area (Å²) in [5.41, 5.74) is 1.14. The number of nitrogens with zero attached hydrogens (tertiary/aromatic N) is 1. The van der Waals surface area contributed by atoms with Crippen LogP contribution in [0.15, 0.2) is 48.5 Å². The number of hydrogen-bond donors (Lipinski definition) is 2. The third-order valence-electron chi connectivity index (χ3n) is 3.70. The number of halogens is 1. The van der Waals surface area contributed by atoms with Crippen molar-refractivity contribution in [3.05, 3.63) is 59.1 Å². The minimum Gasteiger partial charge on any atom is -0.478 e. The van der Waals surface area contributed by atoms with Crippen molar-refractivity contribution in [2.24, 2.45) is 0 Å². The molecule has 1 fully saturated rings. The summed E-state index contributed by atoms with van der Waals surface area (Å²) in [4.78, 5) is 36.6. The predicted octanol–water partition coefficient (Wildman–Crippen LogP) is 2.78. The van der Waals surface area contributed by atoms with Gasteiger partial charge >= 0.3 is 5.97 Å². The van der Waals surface area contributed by atoms with Crippen molar-refractivity contribution in [1.82, 2.24) is 0 Å². The Hall–Kier alpha value is -2.86. The predicted molar refractivity (Wildman–Crippen MR) is 89.4 cm³/mol. The second kappa shape index (κ2) is 6.33. The second-order valence-corrected chi connectivity index (χ2v) is 5.76. The first-order valence-corrected chi connectivity index (χ1v) is 7.56. The van der Waals surface area contributed by atoms with Gasteiger partial charge in [-0.3, -0.25) is 9.59 Å². The summed E-state index contributed by atoms with van der Waals surface area (Å²) in [6.45, 7) is 0. The molecule has 2 aromatic rings. The molecule has 122 valence electrons. The van der Waals surface area contributed by atoms with Crippen LogP contribution in [0.3, 0.4) is 0 Å². The summed E-state index contributed by atoms with van der Waals surface area (Å²) in [6, 6.07) is 11.8. The van der Waals surface area contributed by atoms with Crippen LogP contribution in [0, 0.1) is 0 Å². The summed E-state index contributed by atoms with van der Waals surface area (Å²) in [6.07, 6.45) is 0.0299. The van der Waals surface area contributed by atoms with E-state index < -0.39 is 12.0 Å². The molecule has 1 aliphatic rings. The average Bonchev–Trinajstić information content (AvgIpc) is 2.83. The largest absolute Gasteiger partial charge is 0.478 e. The van der Waals surface area contributed by atoms with Crippen LogP contribution in [-0.4, -0.2) is 28.9 Å². The Morgan fingerprint density at radius 2 is 1.71 bits per heavy atom. The van der Waals surface area contributed by atoms with Gasteiger partial charge in [0.2, 0.25) is 5.91 Å². The first-order chi connectivity index (χ1) is 11.5. The van der Waals surface area contributed by atoms with Crippen LogP contribution in [0.4, 0.5) is 11.4 Å². The molecule has 0 unspecified atom stereocenters. The van der Waals surface area contributed by atoms with Gasteiger partial charge in [0, 0.05) is 10.7 Å². The van der Waals surface area contributed by atoms with E-state index >= 15 is 0 Å². The van der Waals surface area contributed by atoms with Gasteiger partial charge in [-0.25, -0.2) is 9.69 Å². The smallest absolute Gasteiger partial charge is 0.335 e. The molecule has 6 nitrogen and oxygen atoms in total. The van der Waals surface area contributed by atoms with Gasteiger partial charge in [-0.15, -0.1) is 0 Å². The van der Waals surface area contributed by atoms with Gasteiger partial charge in [0.1, 0.15) is 6.04 Å². The highest BCUT2D eigenvalue weighted by molar-refractivity contribution is 6.30. The zero-order valence-electron chi connectivity index (χ0n) is 12.4. The van der Waals surface area contributed by atoms with E-state index in [1.165, 1.54) is 24.3 Å². The van der Waals surface area contributed by atoms with Crippen molar-refractivity contribution >= 4 is 40.8 Å². The summed E-state index contributed by atoms with van der Waals surface area (Å²) < 4.78 is 0. The highest BCUT2D eigenvalue weighted by atomic mass is 35.5. The van der Waals surface area contributed by atoms with E-state index in [4.69, 9.17) is 16.7 Å². The van der Waals surface area contributed by atoms with Crippen LogP contribution in [0.5, 0.6) is 0 Å².